The molecule has 1 unspecified atom stereocenters. The van der Waals surface area contributed by atoms with Crippen molar-refractivity contribution in [3.8, 4) is 0 Å². The van der Waals surface area contributed by atoms with Crippen molar-refractivity contribution in [1.29, 1.82) is 0 Å². The summed E-state index contributed by atoms with van der Waals surface area (Å²) in [5, 5.41) is 8.81. The summed E-state index contributed by atoms with van der Waals surface area (Å²) in [6, 6.07) is 0.839. The van der Waals surface area contributed by atoms with Crippen LogP contribution < -0.4 is 0 Å². The van der Waals surface area contributed by atoms with Gasteiger partial charge in [-0.1, -0.05) is 0 Å². The molecule has 0 aliphatic carbocycles. The largest absolute Gasteiger partial charge is 0.481 e. The molecule has 0 spiro atoms. The van der Waals surface area contributed by atoms with Crippen LogP contribution in [0, 0.1) is 0 Å². The number of hydrogen-bond donors (Lipinski definition) is 1. The van der Waals surface area contributed by atoms with Gasteiger partial charge >= 0.3 is 5.97 Å². The predicted octanol–water partition coefficient (Wildman–Crippen LogP) is 1.65. The molecule has 0 aromatic heterocycles. The standard InChI is InChI=1S/C13H26N2O2/c1-10(2)15-9-13(3,4)14(5)8-11(15)6-7-12(16)17/h10-11H,6-9H2,1-5H3,(H,16,17). The summed E-state index contributed by atoms with van der Waals surface area (Å²) in [7, 11) is 2.13. The van der Waals surface area contributed by atoms with Gasteiger partial charge in [0.2, 0.25) is 0 Å². The van der Waals surface area contributed by atoms with Crippen LogP contribution in [-0.4, -0.2) is 58.6 Å². The van der Waals surface area contributed by atoms with Crippen molar-refractivity contribution in [3.05, 3.63) is 0 Å². The molecule has 1 heterocycles. The third-order valence-electron chi connectivity index (χ3n) is 3.91. The molecule has 100 valence electrons. The van der Waals surface area contributed by atoms with Gasteiger partial charge in [-0.05, 0) is 41.2 Å². The summed E-state index contributed by atoms with van der Waals surface area (Å²) in [6.45, 7) is 10.8. The van der Waals surface area contributed by atoms with Gasteiger partial charge in [0.05, 0.1) is 0 Å². The molecule has 1 aliphatic heterocycles. The van der Waals surface area contributed by atoms with Crippen molar-refractivity contribution >= 4 is 5.97 Å². The third-order valence-corrected chi connectivity index (χ3v) is 3.91. The molecule has 0 amide bonds. The molecular formula is C13H26N2O2. The number of carboxylic acids is 1. The van der Waals surface area contributed by atoms with Crippen LogP contribution in [0.4, 0.5) is 0 Å². The lowest BCUT2D eigenvalue weighted by atomic mass is 9.93. The van der Waals surface area contributed by atoms with Gasteiger partial charge in [-0.25, -0.2) is 0 Å². The lowest BCUT2D eigenvalue weighted by Gasteiger charge is -2.51. The van der Waals surface area contributed by atoms with Crippen LogP contribution in [0.25, 0.3) is 0 Å². The Bertz CT molecular complexity index is 277. The molecule has 1 aliphatic rings. The summed E-state index contributed by atoms with van der Waals surface area (Å²) in [5.41, 5.74) is 0.171. The first-order chi connectivity index (χ1) is 7.74. The SMILES string of the molecule is CC(C)N1CC(C)(C)N(C)CC1CCC(=O)O. The fourth-order valence-electron chi connectivity index (χ4n) is 2.52. The zero-order chi connectivity index (χ0) is 13.2. The van der Waals surface area contributed by atoms with Crippen LogP contribution in [0.3, 0.4) is 0 Å². The highest BCUT2D eigenvalue weighted by atomic mass is 16.4. The summed E-state index contributed by atoms with van der Waals surface area (Å²) < 4.78 is 0. The maximum Gasteiger partial charge on any atom is 0.303 e. The predicted molar refractivity (Wildman–Crippen MR) is 69.2 cm³/mol. The molecule has 1 fully saturated rings. The topological polar surface area (TPSA) is 43.8 Å². The van der Waals surface area contributed by atoms with E-state index >= 15 is 0 Å². The number of hydrogen-bond acceptors (Lipinski definition) is 3. The molecule has 0 saturated carbocycles. The molecule has 1 rings (SSSR count). The Morgan fingerprint density at radius 3 is 2.53 bits per heavy atom. The Labute approximate surface area is 105 Å². The Kier molecular flexibility index (Phi) is 4.55. The maximum atomic E-state index is 10.7. The minimum atomic E-state index is -0.693. The number of nitrogens with zero attached hydrogens (tertiary/aromatic N) is 2. The van der Waals surface area contributed by atoms with Crippen LogP contribution in [-0.2, 0) is 4.79 Å². The minimum absolute atomic E-state index is 0.171. The van der Waals surface area contributed by atoms with Gasteiger partial charge in [-0.3, -0.25) is 14.6 Å². The van der Waals surface area contributed by atoms with Crippen molar-refractivity contribution in [2.24, 2.45) is 0 Å². The molecule has 0 aromatic rings. The fourth-order valence-corrected chi connectivity index (χ4v) is 2.52. The van der Waals surface area contributed by atoms with Crippen LogP contribution in [0.1, 0.15) is 40.5 Å². The monoisotopic (exact) mass is 242 g/mol. The van der Waals surface area contributed by atoms with Gasteiger partial charge in [0.25, 0.3) is 0 Å². The number of carbonyl (C=O) groups is 1. The zero-order valence-corrected chi connectivity index (χ0v) is 11.7. The number of aliphatic carboxylic acids is 1. The van der Waals surface area contributed by atoms with Gasteiger partial charge < -0.3 is 5.11 Å². The minimum Gasteiger partial charge on any atom is -0.481 e. The van der Waals surface area contributed by atoms with Crippen molar-refractivity contribution < 1.29 is 9.90 Å². The van der Waals surface area contributed by atoms with E-state index in [1.54, 1.807) is 0 Å². The van der Waals surface area contributed by atoms with E-state index in [4.69, 9.17) is 5.11 Å². The summed E-state index contributed by atoms with van der Waals surface area (Å²) in [6.07, 6.45) is 1.01. The van der Waals surface area contributed by atoms with Crippen LogP contribution in [0.15, 0.2) is 0 Å². The average molecular weight is 242 g/mol. The summed E-state index contributed by atoms with van der Waals surface area (Å²) in [4.78, 5) is 15.5. The second-order valence-electron chi connectivity index (χ2n) is 6.05. The van der Waals surface area contributed by atoms with Crippen molar-refractivity contribution in [3.63, 3.8) is 0 Å². The van der Waals surface area contributed by atoms with Crippen molar-refractivity contribution in [2.75, 3.05) is 20.1 Å². The molecule has 0 bridgehead atoms. The molecule has 1 N–H and O–H groups in total. The molecule has 1 saturated heterocycles. The van der Waals surface area contributed by atoms with Gasteiger partial charge in [0, 0.05) is 37.1 Å². The Morgan fingerprint density at radius 2 is 2.06 bits per heavy atom. The second kappa shape index (κ2) is 5.36. The maximum absolute atomic E-state index is 10.7. The van der Waals surface area contributed by atoms with Crippen LogP contribution in [0.5, 0.6) is 0 Å². The normalized spacial score (nSPS) is 26.4. The zero-order valence-electron chi connectivity index (χ0n) is 11.7. The average Bonchev–Trinajstić information content (AvgIpc) is 2.18. The highest BCUT2D eigenvalue weighted by molar-refractivity contribution is 5.66. The number of likely N-dealkylation sites (N-methyl/N-ethyl adjacent to an activating group) is 1. The molecule has 1 atom stereocenters. The smallest absolute Gasteiger partial charge is 0.303 e. The summed E-state index contributed by atoms with van der Waals surface area (Å²) in [5.74, 6) is -0.693. The number of carboxylic acid groups (broad SMARTS) is 1. The first kappa shape index (κ1) is 14.5. The van der Waals surface area contributed by atoms with E-state index in [9.17, 15) is 4.79 Å². The van der Waals surface area contributed by atoms with E-state index < -0.39 is 5.97 Å². The Balaban J connectivity index is 2.70. The second-order valence-corrected chi connectivity index (χ2v) is 6.05. The fraction of sp³-hybridized carbons (Fsp3) is 0.923. The molecule has 17 heavy (non-hydrogen) atoms. The van der Waals surface area contributed by atoms with Gasteiger partial charge in [0.1, 0.15) is 0 Å². The van der Waals surface area contributed by atoms with Gasteiger partial charge in [-0.2, -0.15) is 0 Å². The lowest BCUT2D eigenvalue weighted by Crippen LogP contribution is -2.63. The molecular weight excluding hydrogens is 216 g/mol. The first-order valence-electron chi connectivity index (χ1n) is 6.43. The Morgan fingerprint density at radius 1 is 1.47 bits per heavy atom. The number of rotatable bonds is 4. The third kappa shape index (κ3) is 3.68. The summed E-state index contributed by atoms with van der Waals surface area (Å²) >= 11 is 0. The van der Waals surface area contributed by atoms with Gasteiger partial charge in [0.15, 0.2) is 0 Å². The van der Waals surface area contributed by atoms with E-state index in [1.165, 1.54) is 0 Å². The van der Waals surface area contributed by atoms with E-state index in [1.807, 2.05) is 0 Å². The van der Waals surface area contributed by atoms with E-state index in [0.717, 1.165) is 19.5 Å². The number of piperazine rings is 1. The van der Waals surface area contributed by atoms with E-state index in [0.29, 0.717) is 12.1 Å². The quantitative estimate of drug-likeness (QED) is 0.814. The molecule has 4 heteroatoms. The first-order valence-corrected chi connectivity index (χ1v) is 6.43. The van der Waals surface area contributed by atoms with E-state index in [-0.39, 0.29) is 12.0 Å². The van der Waals surface area contributed by atoms with Crippen molar-refractivity contribution in [1.82, 2.24) is 9.80 Å². The molecule has 0 radical (unpaired) electrons. The van der Waals surface area contributed by atoms with Crippen LogP contribution in [0.2, 0.25) is 0 Å². The highest BCUT2D eigenvalue weighted by Gasteiger charge is 2.37. The lowest BCUT2D eigenvalue weighted by molar-refractivity contribution is -0.137. The highest BCUT2D eigenvalue weighted by Crippen LogP contribution is 2.26. The van der Waals surface area contributed by atoms with Gasteiger partial charge in [-0.15, -0.1) is 0 Å². The molecule has 4 nitrogen and oxygen atoms in total. The van der Waals surface area contributed by atoms with E-state index in [2.05, 4.69) is 44.5 Å². The molecule has 0 aromatic carbocycles. The van der Waals surface area contributed by atoms with Crippen molar-refractivity contribution in [2.45, 2.75) is 58.2 Å². The van der Waals surface area contributed by atoms with Crippen LogP contribution >= 0.6 is 0 Å². The Hall–Kier alpha value is -0.610.